The van der Waals surface area contributed by atoms with Gasteiger partial charge in [0.15, 0.2) is 5.13 Å². The van der Waals surface area contributed by atoms with E-state index in [0.29, 0.717) is 29.3 Å². The molecule has 0 atom stereocenters. The molecule has 6 nitrogen and oxygen atoms in total. The molecule has 0 spiro atoms. The molecule has 0 saturated carbocycles. The maximum atomic E-state index is 12.9. The van der Waals surface area contributed by atoms with Crippen molar-refractivity contribution in [2.75, 3.05) is 18.4 Å². The van der Waals surface area contributed by atoms with Gasteiger partial charge in [0, 0.05) is 29.6 Å². The Balaban J connectivity index is 1.85. The Morgan fingerprint density at radius 1 is 1.07 bits per heavy atom. The number of nitrogens with one attached hydrogen (secondary N) is 1. The van der Waals surface area contributed by atoms with Crippen LogP contribution in [0.5, 0.6) is 0 Å². The zero-order valence-corrected chi connectivity index (χ0v) is 19.1. The third-order valence-corrected chi connectivity index (χ3v) is 7.67. The molecular weight excluding hydrogens is 418 g/mol. The molecule has 3 aromatic rings. The van der Waals surface area contributed by atoms with Crippen LogP contribution in [0.1, 0.15) is 35.3 Å². The third kappa shape index (κ3) is 4.61. The summed E-state index contributed by atoms with van der Waals surface area (Å²) in [4.78, 5) is 17.5. The van der Waals surface area contributed by atoms with Gasteiger partial charge in [-0.15, -0.1) is 11.3 Å². The molecule has 0 aliphatic rings. The maximum absolute atomic E-state index is 12.9. The van der Waals surface area contributed by atoms with E-state index < -0.39 is 10.0 Å². The van der Waals surface area contributed by atoms with Crippen molar-refractivity contribution in [1.82, 2.24) is 9.29 Å². The van der Waals surface area contributed by atoms with E-state index >= 15 is 0 Å². The highest BCUT2D eigenvalue weighted by atomic mass is 32.2. The fourth-order valence-corrected chi connectivity index (χ4v) is 5.27. The second-order valence-electron chi connectivity index (χ2n) is 6.92. The summed E-state index contributed by atoms with van der Waals surface area (Å²) in [5.74, 6) is -0.381. The first-order valence-electron chi connectivity index (χ1n) is 9.71. The van der Waals surface area contributed by atoms with E-state index in [4.69, 9.17) is 0 Å². The number of amides is 1. The number of nitrogens with zero attached hydrogens (tertiary/aromatic N) is 2. The van der Waals surface area contributed by atoms with Gasteiger partial charge in [-0.25, -0.2) is 13.4 Å². The molecule has 0 saturated heterocycles. The van der Waals surface area contributed by atoms with Crippen LogP contribution < -0.4 is 5.32 Å². The van der Waals surface area contributed by atoms with Crippen molar-refractivity contribution in [3.8, 4) is 11.3 Å². The normalized spacial score (nSPS) is 11.6. The molecule has 0 aliphatic heterocycles. The van der Waals surface area contributed by atoms with Crippen LogP contribution in [0.4, 0.5) is 5.13 Å². The number of carbonyl (C=O) groups is 1. The van der Waals surface area contributed by atoms with Crippen molar-refractivity contribution >= 4 is 32.4 Å². The summed E-state index contributed by atoms with van der Waals surface area (Å²) in [6, 6.07) is 12.6. The van der Waals surface area contributed by atoms with Crippen LogP contribution in [0, 0.1) is 13.8 Å². The first-order valence-corrected chi connectivity index (χ1v) is 12.0. The number of thiazole rings is 1. The van der Waals surface area contributed by atoms with Crippen molar-refractivity contribution in [1.29, 1.82) is 0 Å². The Hall–Kier alpha value is -2.55. The van der Waals surface area contributed by atoms with E-state index in [-0.39, 0.29) is 10.8 Å². The molecule has 1 amide bonds. The highest BCUT2D eigenvalue weighted by Crippen LogP contribution is 2.26. The van der Waals surface area contributed by atoms with Crippen molar-refractivity contribution in [2.24, 2.45) is 0 Å². The molecule has 2 aromatic carbocycles. The number of benzene rings is 2. The minimum Gasteiger partial charge on any atom is -0.298 e. The van der Waals surface area contributed by atoms with Crippen molar-refractivity contribution in [3.63, 3.8) is 0 Å². The molecule has 0 unspecified atom stereocenters. The molecule has 30 heavy (non-hydrogen) atoms. The van der Waals surface area contributed by atoms with E-state index in [1.807, 2.05) is 36.6 Å². The lowest BCUT2D eigenvalue weighted by Gasteiger charge is -2.19. The van der Waals surface area contributed by atoms with Gasteiger partial charge in [0.2, 0.25) is 10.0 Å². The largest absolute Gasteiger partial charge is 0.298 e. The fourth-order valence-electron chi connectivity index (χ4n) is 3.07. The number of sulfonamides is 1. The monoisotopic (exact) mass is 443 g/mol. The second kappa shape index (κ2) is 9.07. The molecule has 3 rings (SSSR count). The topological polar surface area (TPSA) is 79.4 Å². The number of hydrogen-bond donors (Lipinski definition) is 1. The van der Waals surface area contributed by atoms with Crippen LogP contribution >= 0.6 is 11.3 Å². The lowest BCUT2D eigenvalue weighted by atomic mass is 10.1. The lowest BCUT2D eigenvalue weighted by molar-refractivity contribution is 0.102. The smallest absolute Gasteiger partial charge is 0.257 e. The average Bonchev–Trinajstić information content (AvgIpc) is 3.17. The Bertz CT molecular complexity index is 1150. The van der Waals surface area contributed by atoms with Crippen LogP contribution in [0.2, 0.25) is 0 Å². The van der Waals surface area contributed by atoms with Crippen LogP contribution in [-0.4, -0.2) is 36.7 Å². The summed E-state index contributed by atoms with van der Waals surface area (Å²) in [7, 11) is -3.64. The first-order chi connectivity index (χ1) is 14.3. The van der Waals surface area contributed by atoms with Gasteiger partial charge in [-0.3, -0.25) is 10.1 Å². The molecule has 0 bridgehead atoms. The number of anilines is 1. The Kier molecular flexibility index (Phi) is 6.70. The summed E-state index contributed by atoms with van der Waals surface area (Å²) >= 11 is 1.33. The molecule has 8 heteroatoms. The van der Waals surface area contributed by atoms with Gasteiger partial charge >= 0.3 is 0 Å². The molecule has 0 aliphatic carbocycles. The van der Waals surface area contributed by atoms with Gasteiger partial charge in [0.1, 0.15) is 0 Å². The molecule has 1 aromatic heterocycles. The van der Waals surface area contributed by atoms with Gasteiger partial charge in [-0.1, -0.05) is 49.7 Å². The summed E-state index contributed by atoms with van der Waals surface area (Å²) < 4.78 is 27.0. The predicted molar refractivity (Wildman–Crippen MR) is 122 cm³/mol. The second-order valence-corrected chi connectivity index (χ2v) is 9.72. The zero-order valence-electron chi connectivity index (χ0n) is 17.5. The number of aryl methyl sites for hydroxylation is 2. The quantitative estimate of drug-likeness (QED) is 0.574. The molecule has 0 radical (unpaired) electrons. The summed E-state index contributed by atoms with van der Waals surface area (Å²) in [5, 5.41) is 5.14. The van der Waals surface area contributed by atoms with Crippen LogP contribution in [-0.2, 0) is 10.0 Å². The van der Waals surface area contributed by atoms with Gasteiger partial charge in [0.25, 0.3) is 5.91 Å². The van der Waals surface area contributed by atoms with Crippen molar-refractivity contribution in [2.45, 2.75) is 32.6 Å². The minimum absolute atomic E-state index is 0.112. The van der Waals surface area contributed by atoms with E-state index in [9.17, 15) is 13.2 Å². The number of aromatic nitrogens is 1. The number of carbonyl (C=O) groups excluding carboxylic acids is 1. The number of hydrogen-bond acceptors (Lipinski definition) is 5. The lowest BCUT2D eigenvalue weighted by Crippen LogP contribution is -2.30. The highest BCUT2D eigenvalue weighted by Gasteiger charge is 2.23. The first kappa shape index (κ1) is 22.1. The molecule has 1 heterocycles. The Morgan fingerprint density at radius 2 is 1.73 bits per heavy atom. The highest BCUT2D eigenvalue weighted by molar-refractivity contribution is 7.89. The number of rotatable bonds is 7. The zero-order chi connectivity index (χ0) is 21.9. The van der Waals surface area contributed by atoms with E-state index in [2.05, 4.69) is 10.3 Å². The fraction of sp³-hybridized carbons (Fsp3) is 0.273. The van der Waals surface area contributed by atoms with Gasteiger partial charge in [-0.2, -0.15) is 4.31 Å². The van der Waals surface area contributed by atoms with E-state index in [1.54, 1.807) is 32.9 Å². The summed E-state index contributed by atoms with van der Waals surface area (Å²) in [6.45, 7) is 8.12. The molecular formula is C22H25N3O3S2. The standard InChI is InChI=1S/C22H25N3O3S2/c1-5-25(6-2)30(27,28)18-12-9-16(4)19(13-18)21(26)24-22-23-20(14-29-22)17-10-7-15(3)8-11-17/h7-14H,5-6H2,1-4H3,(H,23,24,26). The van der Waals surface area contributed by atoms with Gasteiger partial charge in [-0.05, 0) is 31.5 Å². The van der Waals surface area contributed by atoms with Gasteiger partial charge < -0.3 is 0 Å². The van der Waals surface area contributed by atoms with E-state index in [1.165, 1.54) is 21.7 Å². The SMILES string of the molecule is CCN(CC)S(=O)(=O)c1ccc(C)c(C(=O)Nc2nc(-c3ccc(C)cc3)cs2)c1. The van der Waals surface area contributed by atoms with Crippen molar-refractivity contribution < 1.29 is 13.2 Å². The Labute approximate surface area is 181 Å². The van der Waals surface area contributed by atoms with E-state index in [0.717, 1.165) is 16.8 Å². The summed E-state index contributed by atoms with van der Waals surface area (Å²) in [6.07, 6.45) is 0. The van der Waals surface area contributed by atoms with Crippen LogP contribution in [0.3, 0.4) is 0 Å². The Morgan fingerprint density at radius 3 is 2.37 bits per heavy atom. The predicted octanol–water partition coefficient (Wildman–Crippen LogP) is 4.71. The summed E-state index contributed by atoms with van der Waals surface area (Å²) in [5.41, 5.74) is 3.93. The molecule has 0 fully saturated rings. The molecule has 1 N–H and O–H groups in total. The van der Waals surface area contributed by atoms with Gasteiger partial charge in [0.05, 0.1) is 10.6 Å². The minimum atomic E-state index is -3.64. The maximum Gasteiger partial charge on any atom is 0.257 e. The average molecular weight is 444 g/mol. The van der Waals surface area contributed by atoms with Crippen molar-refractivity contribution in [3.05, 3.63) is 64.5 Å². The van der Waals surface area contributed by atoms with Crippen LogP contribution in [0.25, 0.3) is 11.3 Å². The van der Waals surface area contributed by atoms with Crippen LogP contribution in [0.15, 0.2) is 52.7 Å². The molecule has 158 valence electrons. The third-order valence-electron chi connectivity index (χ3n) is 4.87.